The van der Waals surface area contributed by atoms with Crippen LogP contribution in [0.5, 0.6) is 0 Å². The van der Waals surface area contributed by atoms with Crippen molar-refractivity contribution in [3.63, 3.8) is 0 Å². The number of nitrogens with zero attached hydrogens (tertiary/aromatic N) is 4. The molecule has 2 aliphatic rings. The quantitative estimate of drug-likeness (QED) is 0.207. The first-order valence-electron chi connectivity index (χ1n) is 11.0. The van der Waals surface area contributed by atoms with E-state index in [1.165, 1.54) is 28.4 Å². The first-order valence-corrected chi connectivity index (χ1v) is 13.0. The number of carbonyl (C=O) groups is 4. The van der Waals surface area contributed by atoms with Crippen LogP contribution in [0.4, 0.5) is 0 Å². The van der Waals surface area contributed by atoms with Gasteiger partial charge in [-0.05, 0) is 11.1 Å². The van der Waals surface area contributed by atoms with Gasteiger partial charge in [0.25, 0.3) is 11.8 Å². The molecule has 2 aliphatic heterocycles. The second kappa shape index (κ2) is 11.3. The highest BCUT2D eigenvalue weighted by Gasteiger charge is 2.54. The van der Waals surface area contributed by atoms with Crippen molar-refractivity contribution < 1.29 is 34.1 Å². The number of ether oxygens (including phenoxy) is 1. The number of rotatable bonds is 11. The van der Waals surface area contributed by atoms with Crippen LogP contribution in [0.25, 0.3) is 0 Å². The van der Waals surface area contributed by atoms with E-state index in [0.717, 1.165) is 0 Å². The smallest absolute Gasteiger partial charge is 0.352 e. The van der Waals surface area contributed by atoms with E-state index in [0.29, 0.717) is 27.9 Å². The molecule has 0 spiro atoms. The number of fused-ring (bicyclic) bond motifs is 1. The number of aliphatic hydroxyl groups is 1. The Kier molecular flexibility index (Phi) is 8.16. The third kappa shape index (κ3) is 5.64. The van der Waals surface area contributed by atoms with Crippen molar-refractivity contribution in [1.82, 2.24) is 25.0 Å². The van der Waals surface area contributed by atoms with Crippen molar-refractivity contribution >= 4 is 47.2 Å². The van der Waals surface area contributed by atoms with Crippen LogP contribution in [0.3, 0.4) is 0 Å². The van der Waals surface area contributed by atoms with Gasteiger partial charge in [0.15, 0.2) is 17.1 Å². The number of carboxylic acids is 1. The lowest BCUT2D eigenvalue weighted by Gasteiger charge is -2.49. The summed E-state index contributed by atoms with van der Waals surface area (Å²) in [5.41, 5.74) is 5.83. The topological polar surface area (TPSA) is 190 Å². The average molecular weight is 549 g/mol. The van der Waals surface area contributed by atoms with Crippen LogP contribution in [-0.4, -0.2) is 83.1 Å². The summed E-state index contributed by atoms with van der Waals surface area (Å²) in [6.07, 6.45) is -1.45. The Bertz CT molecular complexity index is 1250. The third-order valence-electron chi connectivity index (χ3n) is 5.69. The van der Waals surface area contributed by atoms with Crippen LogP contribution in [0.15, 0.2) is 46.8 Å². The lowest BCUT2D eigenvalue weighted by molar-refractivity contribution is -0.151. The van der Waals surface area contributed by atoms with Crippen molar-refractivity contribution in [2.45, 2.75) is 29.3 Å². The van der Waals surface area contributed by atoms with Gasteiger partial charge in [-0.2, -0.15) is 0 Å². The molecule has 1 saturated heterocycles. The number of primary amides is 1. The Labute approximate surface area is 219 Å². The second-order valence-electron chi connectivity index (χ2n) is 8.17. The number of nitrogens with one attached hydrogen (secondary N) is 1. The molecule has 5 N–H and O–H groups in total. The van der Waals surface area contributed by atoms with E-state index in [2.05, 4.69) is 15.5 Å². The molecule has 1 aromatic heterocycles. The molecule has 2 aromatic rings. The molecule has 1 unspecified atom stereocenters. The van der Waals surface area contributed by atoms with Crippen molar-refractivity contribution in [3.05, 3.63) is 53.0 Å². The molecule has 1 aromatic carbocycles. The molecule has 0 saturated carbocycles. The fourth-order valence-electron chi connectivity index (χ4n) is 3.80. The maximum absolute atomic E-state index is 12.9. The molecular formula is C22H24N6O7S2. The number of aliphatic carboxylic acids is 1. The molecule has 0 aliphatic carbocycles. The number of carboxylic acid groups (broad SMARTS) is 1. The van der Waals surface area contributed by atoms with E-state index in [1.807, 2.05) is 0 Å². The number of carbonyl (C=O) groups excluding carboxylic acids is 3. The van der Waals surface area contributed by atoms with Crippen LogP contribution in [-0.2, 0) is 37.6 Å². The van der Waals surface area contributed by atoms with Gasteiger partial charge in [-0.15, -0.1) is 22.0 Å². The summed E-state index contributed by atoms with van der Waals surface area (Å²) in [4.78, 5) is 49.5. The molecule has 3 atom stereocenters. The van der Waals surface area contributed by atoms with Gasteiger partial charge in [0, 0.05) is 18.6 Å². The molecular weight excluding hydrogens is 524 g/mol. The minimum atomic E-state index is -1.45. The number of aliphatic hydroxyl groups excluding tert-OH is 1. The molecule has 196 valence electrons. The number of thioether (sulfide) groups is 2. The Balaban J connectivity index is 1.41. The fraction of sp³-hybridized carbons (Fsp3) is 0.364. The van der Waals surface area contributed by atoms with Gasteiger partial charge in [-0.1, -0.05) is 42.1 Å². The zero-order valence-corrected chi connectivity index (χ0v) is 21.2. The summed E-state index contributed by atoms with van der Waals surface area (Å²) in [6.45, 7) is -0.221. The van der Waals surface area contributed by atoms with E-state index in [-0.39, 0.29) is 24.7 Å². The first kappa shape index (κ1) is 26.7. The summed E-state index contributed by atoms with van der Waals surface area (Å²) in [5, 5.41) is 30.7. The van der Waals surface area contributed by atoms with E-state index in [4.69, 9.17) is 10.5 Å². The van der Waals surface area contributed by atoms with E-state index in [9.17, 15) is 29.4 Å². The molecule has 15 heteroatoms. The van der Waals surface area contributed by atoms with Crippen LogP contribution in [0, 0.1) is 0 Å². The maximum atomic E-state index is 12.9. The number of benzene rings is 1. The van der Waals surface area contributed by atoms with Gasteiger partial charge >= 0.3 is 5.97 Å². The van der Waals surface area contributed by atoms with Gasteiger partial charge in [-0.3, -0.25) is 19.3 Å². The monoisotopic (exact) mass is 548 g/mol. The largest absolute Gasteiger partial charge is 0.477 e. The zero-order chi connectivity index (χ0) is 26.7. The Morgan fingerprint density at radius 2 is 2.03 bits per heavy atom. The lowest BCUT2D eigenvalue weighted by atomic mass is 10.0. The molecule has 3 heterocycles. The SMILES string of the molecule is Cn1c(COCC(N)=O)nnc1SCC1=C(C(=O)O)N2C(=O)C(NC(=O)[C@H](O)c3ccccc3)[C@H]2SC1. The molecule has 37 heavy (non-hydrogen) atoms. The number of hydrogen-bond donors (Lipinski definition) is 4. The molecule has 3 amide bonds. The highest BCUT2D eigenvalue weighted by molar-refractivity contribution is 8.01. The summed E-state index contributed by atoms with van der Waals surface area (Å²) < 4.78 is 6.81. The number of aromatic nitrogens is 3. The number of β-lactam (4-membered cyclic amide) rings is 1. The van der Waals surface area contributed by atoms with Crippen molar-refractivity contribution in [2.75, 3.05) is 18.1 Å². The molecule has 1 fully saturated rings. The van der Waals surface area contributed by atoms with Crippen LogP contribution >= 0.6 is 23.5 Å². The molecule has 13 nitrogen and oxygen atoms in total. The van der Waals surface area contributed by atoms with E-state index < -0.39 is 41.2 Å². The van der Waals surface area contributed by atoms with Crippen molar-refractivity contribution in [1.29, 1.82) is 0 Å². The highest BCUT2D eigenvalue weighted by Crippen LogP contribution is 2.41. The van der Waals surface area contributed by atoms with Crippen LogP contribution in [0.2, 0.25) is 0 Å². The van der Waals surface area contributed by atoms with E-state index in [1.54, 1.807) is 41.9 Å². The molecule has 0 radical (unpaired) electrons. The predicted molar refractivity (Wildman–Crippen MR) is 132 cm³/mol. The van der Waals surface area contributed by atoms with Gasteiger partial charge in [0.05, 0.1) is 0 Å². The van der Waals surface area contributed by atoms with Gasteiger partial charge in [0.1, 0.15) is 30.3 Å². The normalized spacial score (nSPS) is 19.7. The maximum Gasteiger partial charge on any atom is 0.352 e. The minimum absolute atomic E-state index is 0.0297. The second-order valence-corrected chi connectivity index (χ2v) is 10.2. The molecule has 0 bridgehead atoms. The lowest BCUT2D eigenvalue weighted by Crippen LogP contribution is -2.70. The summed E-state index contributed by atoms with van der Waals surface area (Å²) in [7, 11) is 1.71. The van der Waals surface area contributed by atoms with E-state index >= 15 is 0 Å². The zero-order valence-electron chi connectivity index (χ0n) is 19.6. The number of nitrogens with two attached hydrogens (primary N) is 1. The van der Waals surface area contributed by atoms with Crippen molar-refractivity contribution in [2.24, 2.45) is 12.8 Å². The Hall–Kier alpha value is -3.40. The van der Waals surface area contributed by atoms with Gasteiger partial charge in [0.2, 0.25) is 5.91 Å². The summed E-state index contributed by atoms with van der Waals surface area (Å²) in [5.74, 6) is -2.12. The predicted octanol–water partition coefficient (Wildman–Crippen LogP) is -0.619. The Morgan fingerprint density at radius 1 is 1.30 bits per heavy atom. The average Bonchev–Trinajstić information content (AvgIpc) is 3.23. The standard InChI is InChI=1S/C22H24N6O7S2/c1-27-14(8-35-7-13(23)29)25-26-22(27)37-10-12-9-36-20-15(19(32)28(20)16(12)21(33)34)24-18(31)17(30)11-5-3-2-4-6-11/h2-6,15,17,20,30H,7-10H2,1H3,(H2,23,29)(H,24,31)(H,33,34)/t15?,17-,20-/m1/s1. The third-order valence-corrected chi connectivity index (χ3v) is 8.13. The summed E-state index contributed by atoms with van der Waals surface area (Å²) >= 11 is 2.57. The van der Waals surface area contributed by atoms with Crippen LogP contribution in [0.1, 0.15) is 17.5 Å². The first-order chi connectivity index (χ1) is 17.7. The number of amides is 3. The van der Waals surface area contributed by atoms with Gasteiger partial charge in [-0.25, -0.2) is 4.79 Å². The number of hydrogen-bond acceptors (Lipinski definition) is 10. The Morgan fingerprint density at radius 3 is 2.70 bits per heavy atom. The summed E-state index contributed by atoms with van der Waals surface area (Å²) in [6, 6.07) is 7.36. The minimum Gasteiger partial charge on any atom is -0.477 e. The fourth-order valence-corrected chi connectivity index (χ4v) is 6.22. The van der Waals surface area contributed by atoms with Crippen LogP contribution < -0.4 is 11.1 Å². The van der Waals surface area contributed by atoms with Crippen molar-refractivity contribution in [3.8, 4) is 0 Å². The highest BCUT2D eigenvalue weighted by atomic mass is 32.2. The molecule has 4 rings (SSSR count). The van der Waals surface area contributed by atoms with Gasteiger partial charge < -0.3 is 30.6 Å².